The molecule has 0 aliphatic heterocycles. The molecule has 82 valence electrons. The summed E-state index contributed by atoms with van der Waals surface area (Å²) in [6.07, 6.45) is 7.01. The number of ether oxygens (including phenoxy) is 1. The van der Waals surface area contributed by atoms with Gasteiger partial charge in [0.1, 0.15) is 0 Å². The molecule has 2 heteroatoms. The summed E-state index contributed by atoms with van der Waals surface area (Å²) >= 11 is 4.18. The fourth-order valence-corrected chi connectivity index (χ4v) is 2.22. The van der Waals surface area contributed by atoms with Gasteiger partial charge in [-0.2, -0.15) is 12.6 Å². The molecule has 0 N–H and O–H groups in total. The maximum atomic E-state index is 5.89. The molecule has 1 nitrogen and oxygen atoms in total. The highest BCUT2D eigenvalue weighted by molar-refractivity contribution is 7.80. The van der Waals surface area contributed by atoms with E-state index in [1.807, 2.05) is 0 Å². The Bertz CT molecular complexity index is 179. The van der Waals surface area contributed by atoms with Crippen molar-refractivity contribution in [1.82, 2.24) is 0 Å². The predicted octanol–water partition coefficient (Wildman–Crippen LogP) is 3.46. The largest absolute Gasteiger partial charge is 0.374 e. The molecule has 1 saturated carbocycles. The topological polar surface area (TPSA) is 9.23 Å². The minimum absolute atomic E-state index is 0.477. The summed E-state index contributed by atoms with van der Waals surface area (Å²) in [6, 6.07) is 0. The second-order valence-corrected chi connectivity index (χ2v) is 4.53. The lowest BCUT2D eigenvalue weighted by atomic mass is 9.85. The summed E-state index contributed by atoms with van der Waals surface area (Å²) in [4.78, 5) is 0. The van der Waals surface area contributed by atoms with Crippen LogP contribution in [0.3, 0.4) is 0 Å². The molecule has 0 saturated heterocycles. The SMILES string of the molecule is C=C(CS)COC1CCCCC1CC. The van der Waals surface area contributed by atoms with Crippen molar-refractivity contribution in [3.05, 3.63) is 12.2 Å². The minimum atomic E-state index is 0.477. The Kier molecular flexibility index (Phi) is 5.64. The zero-order chi connectivity index (χ0) is 10.4. The number of hydrogen-bond donors (Lipinski definition) is 1. The van der Waals surface area contributed by atoms with Crippen LogP contribution in [0, 0.1) is 5.92 Å². The zero-order valence-corrected chi connectivity index (χ0v) is 10.1. The Morgan fingerprint density at radius 1 is 1.43 bits per heavy atom. The average molecular weight is 214 g/mol. The Hall–Kier alpha value is 0.0500. The number of hydrogen-bond acceptors (Lipinski definition) is 2. The van der Waals surface area contributed by atoms with Gasteiger partial charge in [-0.25, -0.2) is 0 Å². The summed E-state index contributed by atoms with van der Waals surface area (Å²) in [5, 5.41) is 0. The number of rotatable bonds is 5. The highest BCUT2D eigenvalue weighted by Gasteiger charge is 2.23. The van der Waals surface area contributed by atoms with Gasteiger partial charge in [-0.1, -0.05) is 32.8 Å². The van der Waals surface area contributed by atoms with Crippen molar-refractivity contribution < 1.29 is 4.74 Å². The molecule has 0 radical (unpaired) electrons. The fraction of sp³-hybridized carbons (Fsp3) is 0.833. The molecule has 0 amide bonds. The molecule has 1 fully saturated rings. The molecule has 0 aromatic rings. The summed E-state index contributed by atoms with van der Waals surface area (Å²) in [6.45, 7) is 6.87. The van der Waals surface area contributed by atoms with Crippen molar-refractivity contribution in [2.24, 2.45) is 5.92 Å². The van der Waals surface area contributed by atoms with Crippen LogP contribution in [0.5, 0.6) is 0 Å². The van der Waals surface area contributed by atoms with Gasteiger partial charge < -0.3 is 4.74 Å². The van der Waals surface area contributed by atoms with Crippen LogP contribution >= 0.6 is 12.6 Å². The second kappa shape index (κ2) is 6.52. The van der Waals surface area contributed by atoms with Crippen molar-refractivity contribution in [1.29, 1.82) is 0 Å². The van der Waals surface area contributed by atoms with Gasteiger partial charge in [0.2, 0.25) is 0 Å². The van der Waals surface area contributed by atoms with E-state index in [9.17, 15) is 0 Å². The van der Waals surface area contributed by atoms with Crippen LogP contribution in [-0.4, -0.2) is 18.5 Å². The van der Waals surface area contributed by atoms with Crippen LogP contribution in [0.1, 0.15) is 39.0 Å². The fourth-order valence-electron chi connectivity index (χ4n) is 2.13. The maximum absolute atomic E-state index is 5.89. The summed E-state index contributed by atoms with van der Waals surface area (Å²) in [7, 11) is 0. The summed E-state index contributed by atoms with van der Waals surface area (Å²) < 4.78 is 5.89. The van der Waals surface area contributed by atoms with Crippen LogP contribution in [0.25, 0.3) is 0 Å². The molecule has 0 heterocycles. The van der Waals surface area contributed by atoms with Gasteiger partial charge in [0.05, 0.1) is 12.7 Å². The van der Waals surface area contributed by atoms with Crippen molar-refractivity contribution in [2.45, 2.75) is 45.1 Å². The third-order valence-corrected chi connectivity index (χ3v) is 3.54. The van der Waals surface area contributed by atoms with E-state index < -0.39 is 0 Å². The first-order valence-corrected chi connectivity index (χ1v) is 6.30. The van der Waals surface area contributed by atoms with Gasteiger partial charge in [0, 0.05) is 5.75 Å². The molecule has 1 aliphatic rings. The Labute approximate surface area is 93.3 Å². The predicted molar refractivity (Wildman–Crippen MR) is 65.0 cm³/mol. The van der Waals surface area contributed by atoms with E-state index in [1.54, 1.807) is 0 Å². The molecular formula is C12H22OS. The van der Waals surface area contributed by atoms with Crippen LogP contribution < -0.4 is 0 Å². The maximum Gasteiger partial charge on any atom is 0.0686 e. The van der Waals surface area contributed by atoms with Crippen LogP contribution in [0.4, 0.5) is 0 Å². The van der Waals surface area contributed by atoms with E-state index in [4.69, 9.17) is 4.74 Å². The van der Waals surface area contributed by atoms with Crippen molar-refractivity contribution >= 4 is 12.6 Å². The summed E-state index contributed by atoms with van der Waals surface area (Å²) in [5.74, 6) is 1.51. The minimum Gasteiger partial charge on any atom is -0.374 e. The van der Waals surface area contributed by atoms with Crippen LogP contribution in [0.15, 0.2) is 12.2 Å². The third kappa shape index (κ3) is 3.66. The molecule has 0 bridgehead atoms. The highest BCUT2D eigenvalue weighted by Crippen LogP contribution is 2.29. The molecule has 0 spiro atoms. The molecule has 2 atom stereocenters. The van der Waals surface area contributed by atoms with Gasteiger partial charge in [-0.15, -0.1) is 0 Å². The van der Waals surface area contributed by atoms with E-state index >= 15 is 0 Å². The average Bonchev–Trinajstić information content (AvgIpc) is 2.26. The first kappa shape index (κ1) is 12.1. The van der Waals surface area contributed by atoms with Crippen molar-refractivity contribution in [3.8, 4) is 0 Å². The van der Waals surface area contributed by atoms with Crippen molar-refractivity contribution in [2.75, 3.05) is 12.4 Å². The normalized spacial score (nSPS) is 27.6. The zero-order valence-electron chi connectivity index (χ0n) is 9.17. The monoisotopic (exact) mass is 214 g/mol. The van der Waals surface area contributed by atoms with E-state index in [-0.39, 0.29) is 0 Å². The van der Waals surface area contributed by atoms with Gasteiger partial charge >= 0.3 is 0 Å². The van der Waals surface area contributed by atoms with Gasteiger partial charge in [-0.05, 0) is 24.3 Å². The van der Waals surface area contributed by atoms with E-state index in [0.29, 0.717) is 12.7 Å². The Balaban J connectivity index is 2.29. The van der Waals surface area contributed by atoms with E-state index in [1.165, 1.54) is 32.1 Å². The van der Waals surface area contributed by atoms with Crippen LogP contribution in [-0.2, 0) is 4.74 Å². The van der Waals surface area contributed by atoms with Gasteiger partial charge in [-0.3, -0.25) is 0 Å². The smallest absolute Gasteiger partial charge is 0.0686 e. The molecule has 0 aromatic carbocycles. The van der Waals surface area contributed by atoms with Gasteiger partial charge in [0.25, 0.3) is 0 Å². The van der Waals surface area contributed by atoms with E-state index in [2.05, 4.69) is 26.1 Å². The van der Waals surface area contributed by atoms with E-state index in [0.717, 1.165) is 17.2 Å². The van der Waals surface area contributed by atoms with Crippen LogP contribution in [0.2, 0.25) is 0 Å². The Morgan fingerprint density at radius 2 is 2.14 bits per heavy atom. The lowest BCUT2D eigenvalue weighted by Gasteiger charge is -2.30. The first-order valence-electron chi connectivity index (χ1n) is 5.67. The molecule has 2 unspecified atom stereocenters. The third-order valence-electron chi connectivity index (χ3n) is 3.09. The van der Waals surface area contributed by atoms with Crippen molar-refractivity contribution in [3.63, 3.8) is 0 Å². The summed E-state index contributed by atoms with van der Waals surface area (Å²) in [5.41, 5.74) is 1.09. The first-order chi connectivity index (χ1) is 6.77. The standard InChI is InChI=1S/C12H22OS/c1-3-11-6-4-5-7-12(11)13-8-10(2)9-14/h11-12,14H,2-9H2,1H3. The molecule has 1 rings (SSSR count). The molecular weight excluding hydrogens is 192 g/mol. The quantitative estimate of drug-likeness (QED) is 0.545. The van der Waals surface area contributed by atoms with Gasteiger partial charge in [0.15, 0.2) is 0 Å². The lowest BCUT2D eigenvalue weighted by molar-refractivity contribution is -0.000212. The molecule has 14 heavy (non-hydrogen) atoms. The Morgan fingerprint density at radius 3 is 2.79 bits per heavy atom. The molecule has 0 aromatic heterocycles. The highest BCUT2D eigenvalue weighted by atomic mass is 32.1. The number of thiol groups is 1. The second-order valence-electron chi connectivity index (χ2n) is 4.21. The molecule has 1 aliphatic carbocycles. The lowest BCUT2D eigenvalue weighted by Crippen LogP contribution is -2.28.